The van der Waals surface area contributed by atoms with E-state index < -0.39 is 10.0 Å². The van der Waals surface area contributed by atoms with Crippen molar-refractivity contribution < 1.29 is 18.0 Å². The number of carbonyl (C=O) groups is 2. The molecular weight excluding hydrogens is 366 g/mol. The fourth-order valence-corrected chi connectivity index (χ4v) is 4.90. The molecule has 7 nitrogen and oxygen atoms in total. The summed E-state index contributed by atoms with van der Waals surface area (Å²) in [7, 11) is -2.27. The molecule has 0 saturated carbocycles. The molecule has 2 amide bonds. The molecule has 2 aromatic carbocycles. The van der Waals surface area contributed by atoms with Crippen LogP contribution in [0.2, 0.25) is 0 Å². The normalized spacial score (nSPS) is 17.4. The smallest absolute Gasteiger partial charge is 0.264 e. The van der Waals surface area contributed by atoms with E-state index in [1.165, 1.54) is 17.0 Å². The maximum Gasteiger partial charge on any atom is 0.264 e. The Kier molecular flexibility index (Phi) is 4.15. The molecule has 0 atom stereocenters. The molecule has 27 heavy (non-hydrogen) atoms. The number of carbonyl (C=O) groups excluding carboxylic acids is 2. The van der Waals surface area contributed by atoms with Crippen LogP contribution in [0.4, 0.5) is 17.1 Å². The van der Waals surface area contributed by atoms with Crippen LogP contribution in [0.1, 0.15) is 12.8 Å². The van der Waals surface area contributed by atoms with Gasteiger partial charge in [0.15, 0.2) is 0 Å². The molecule has 0 unspecified atom stereocenters. The third kappa shape index (κ3) is 2.86. The van der Waals surface area contributed by atoms with E-state index >= 15 is 0 Å². The molecule has 0 aliphatic carbocycles. The first-order valence-corrected chi connectivity index (χ1v) is 10.1. The number of likely N-dealkylation sites (N-methyl/N-ethyl adjacent to an activating group) is 1. The zero-order chi connectivity index (χ0) is 19.2. The lowest BCUT2D eigenvalue weighted by Crippen LogP contribution is -2.46. The van der Waals surface area contributed by atoms with Gasteiger partial charge in [-0.15, -0.1) is 0 Å². The fourth-order valence-electron chi connectivity index (χ4n) is 3.47. The van der Waals surface area contributed by atoms with Crippen LogP contribution in [0, 0.1) is 0 Å². The number of nitrogens with zero attached hydrogens (tertiary/aromatic N) is 3. The zero-order valence-corrected chi connectivity index (χ0v) is 15.6. The molecule has 2 aromatic rings. The second-order valence-electron chi connectivity index (χ2n) is 6.60. The third-order valence-electron chi connectivity index (χ3n) is 4.97. The van der Waals surface area contributed by atoms with Gasteiger partial charge in [-0.2, -0.15) is 0 Å². The number of rotatable bonds is 3. The second kappa shape index (κ2) is 6.38. The van der Waals surface area contributed by atoms with Crippen molar-refractivity contribution in [3.8, 4) is 0 Å². The molecule has 0 aromatic heterocycles. The Bertz CT molecular complexity index is 1020. The standard InChI is InChI=1S/C19H19N3O4S/c1-20-16-5-2-3-6-17(16)22(13-19(20)24)27(25,26)15-10-8-14(9-11-15)21-12-4-7-18(21)23/h2-3,5-6,8-11H,4,7,12-13H2,1H3. The van der Waals surface area contributed by atoms with Crippen LogP contribution in [-0.2, 0) is 19.6 Å². The number of hydrogen-bond acceptors (Lipinski definition) is 4. The summed E-state index contributed by atoms with van der Waals surface area (Å²) in [5.74, 6) is -0.249. The number of sulfonamides is 1. The summed E-state index contributed by atoms with van der Waals surface area (Å²) in [4.78, 5) is 27.4. The number of fused-ring (bicyclic) bond motifs is 1. The minimum Gasteiger partial charge on any atom is -0.312 e. The summed E-state index contributed by atoms with van der Waals surface area (Å²) in [6.45, 7) is 0.396. The Hall–Kier alpha value is -2.87. The lowest BCUT2D eigenvalue weighted by molar-refractivity contribution is -0.117. The topological polar surface area (TPSA) is 78.0 Å². The molecule has 8 heteroatoms. The van der Waals surface area contributed by atoms with Gasteiger partial charge in [-0.3, -0.25) is 13.9 Å². The van der Waals surface area contributed by atoms with Crippen LogP contribution in [-0.4, -0.2) is 40.4 Å². The molecular formula is C19H19N3O4S. The predicted molar refractivity (Wildman–Crippen MR) is 102 cm³/mol. The van der Waals surface area contributed by atoms with Gasteiger partial charge >= 0.3 is 0 Å². The van der Waals surface area contributed by atoms with Gasteiger partial charge < -0.3 is 9.80 Å². The van der Waals surface area contributed by atoms with Crippen molar-refractivity contribution in [1.82, 2.24) is 0 Å². The van der Waals surface area contributed by atoms with E-state index in [0.717, 1.165) is 10.7 Å². The SMILES string of the molecule is CN1C(=O)CN(S(=O)(=O)c2ccc(N3CCCC3=O)cc2)c2ccccc21. The molecule has 0 spiro atoms. The van der Waals surface area contributed by atoms with Crippen LogP contribution >= 0.6 is 0 Å². The molecule has 2 heterocycles. The minimum absolute atomic E-state index is 0.0456. The summed E-state index contributed by atoms with van der Waals surface area (Å²) >= 11 is 0. The predicted octanol–water partition coefficient (Wildman–Crippen LogP) is 1.99. The van der Waals surface area contributed by atoms with Gasteiger partial charge in [0.1, 0.15) is 6.54 Å². The van der Waals surface area contributed by atoms with E-state index in [2.05, 4.69) is 0 Å². The fraction of sp³-hybridized carbons (Fsp3) is 0.263. The first-order valence-electron chi connectivity index (χ1n) is 8.68. The maximum atomic E-state index is 13.2. The van der Waals surface area contributed by atoms with Gasteiger partial charge in [0.2, 0.25) is 11.8 Å². The van der Waals surface area contributed by atoms with Gasteiger partial charge in [0.05, 0.1) is 16.3 Å². The summed E-state index contributed by atoms with van der Waals surface area (Å²) < 4.78 is 27.5. The van der Waals surface area contributed by atoms with E-state index in [4.69, 9.17) is 0 Å². The molecule has 1 fully saturated rings. The maximum absolute atomic E-state index is 13.2. The van der Waals surface area contributed by atoms with Crippen molar-refractivity contribution >= 4 is 38.9 Å². The molecule has 0 radical (unpaired) electrons. The number of anilines is 3. The Morgan fingerprint density at radius 3 is 2.19 bits per heavy atom. The van der Waals surface area contributed by atoms with E-state index in [1.54, 1.807) is 48.3 Å². The highest BCUT2D eigenvalue weighted by molar-refractivity contribution is 7.92. The molecule has 0 bridgehead atoms. The quantitative estimate of drug-likeness (QED) is 0.809. The van der Waals surface area contributed by atoms with Crippen molar-refractivity contribution in [2.45, 2.75) is 17.7 Å². The van der Waals surface area contributed by atoms with Crippen LogP contribution in [0.5, 0.6) is 0 Å². The highest BCUT2D eigenvalue weighted by atomic mass is 32.2. The lowest BCUT2D eigenvalue weighted by Gasteiger charge is -2.34. The largest absolute Gasteiger partial charge is 0.312 e. The van der Waals surface area contributed by atoms with Crippen molar-refractivity contribution in [1.29, 1.82) is 0 Å². The summed E-state index contributed by atoms with van der Waals surface area (Å²) in [6, 6.07) is 13.2. The number of amides is 2. The van der Waals surface area contributed by atoms with Crippen LogP contribution in [0.3, 0.4) is 0 Å². The number of para-hydroxylation sites is 2. The molecule has 140 valence electrons. The van der Waals surface area contributed by atoms with Gasteiger partial charge in [-0.05, 0) is 42.8 Å². The van der Waals surface area contributed by atoms with E-state index in [9.17, 15) is 18.0 Å². The number of benzene rings is 2. The van der Waals surface area contributed by atoms with E-state index in [0.29, 0.717) is 30.0 Å². The van der Waals surface area contributed by atoms with Crippen molar-refractivity contribution in [3.05, 3.63) is 48.5 Å². The van der Waals surface area contributed by atoms with Crippen molar-refractivity contribution in [2.24, 2.45) is 0 Å². The van der Waals surface area contributed by atoms with Crippen LogP contribution < -0.4 is 14.1 Å². The first kappa shape index (κ1) is 17.5. The average Bonchev–Trinajstić information content (AvgIpc) is 3.10. The molecule has 2 aliphatic heterocycles. The molecule has 2 aliphatic rings. The van der Waals surface area contributed by atoms with Gasteiger partial charge in [-0.1, -0.05) is 12.1 Å². The van der Waals surface area contributed by atoms with Gasteiger partial charge in [0.25, 0.3) is 10.0 Å². The van der Waals surface area contributed by atoms with Crippen LogP contribution in [0.15, 0.2) is 53.4 Å². The zero-order valence-electron chi connectivity index (χ0n) is 14.8. The highest BCUT2D eigenvalue weighted by Crippen LogP contribution is 2.36. The monoisotopic (exact) mass is 385 g/mol. The Morgan fingerprint density at radius 2 is 1.56 bits per heavy atom. The van der Waals surface area contributed by atoms with Crippen molar-refractivity contribution in [3.63, 3.8) is 0 Å². The summed E-state index contributed by atoms with van der Waals surface area (Å²) in [5.41, 5.74) is 1.71. The Morgan fingerprint density at radius 1 is 0.889 bits per heavy atom. The second-order valence-corrected chi connectivity index (χ2v) is 8.46. The third-order valence-corrected chi connectivity index (χ3v) is 6.75. The highest BCUT2D eigenvalue weighted by Gasteiger charge is 2.35. The van der Waals surface area contributed by atoms with Crippen LogP contribution in [0.25, 0.3) is 0 Å². The van der Waals surface area contributed by atoms with Gasteiger partial charge in [0, 0.05) is 25.7 Å². The summed E-state index contributed by atoms with van der Waals surface area (Å²) in [6.07, 6.45) is 1.32. The Labute approximate surface area is 157 Å². The lowest BCUT2D eigenvalue weighted by atomic mass is 10.2. The summed E-state index contributed by atoms with van der Waals surface area (Å²) in [5, 5.41) is 0. The molecule has 1 saturated heterocycles. The van der Waals surface area contributed by atoms with E-state index in [-0.39, 0.29) is 23.3 Å². The number of hydrogen-bond donors (Lipinski definition) is 0. The minimum atomic E-state index is -3.90. The Balaban J connectivity index is 1.70. The molecule has 0 N–H and O–H groups in total. The van der Waals surface area contributed by atoms with E-state index in [1.807, 2.05) is 0 Å². The van der Waals surface area contributed by atoms with Gasteiger partial charge in [-0.25, -0.2) is 8.42 Å². The first-order chi connectivity index (χ1) is 12.9. The molecule has 4 rings (SSSR count). The average molecular weight is 385 g/mol. The van der Waals surface area contributed by atoms with Crippen molar-refractivity contribution in [2.75, 3.05) is 34.2 Å².